The monoisotopic (exact) mass is 286 g/mol. The van der Waals surface area contributed by atoms with Crippen LogP contribution in [-0.2, 0) is 15.5 Å². The number of benzene rings is 1. The number of ether oxygens (including phenoxy) is 1. The molecule has 1 saturated heterocycles. The minimum absolute atomic E-state index is 0.0621. The fourth-order valence-electron chi connectivity index (χ4n) is 2.01. The van der Waals surface area contributed by atoms with Gasteiger partial charge in [0.05, 0.1) is 28.2 Å². The van der Waals surface area contributed by atoms with Gasteiger partial charge in [-0.05, 0) is 37.5 Å². The fraction of sp³-hybridized carbons (Fsp3) is 0.462. The molecule has 0 radical (unpaired) electrons. The average molecular weight is 286 g/mol. The van der Waals surface area contributed by atoms with E-state index in [-0.39, 0.29) is 6.10 Å². The Labute approximate surface area is 113 Å². The summed E-state index contributed by atoms with van der Waals surface area (Å²) in [5.74, 6) is -1.85. The molecule has 1 aliphatic heterocycles. The van der Waals surface area contributed by atoms with Gasteiger partial charge in [0.1, 0.15) is 5.82 Å². The van der Waals surface area contributed by atoms with Gasteiger partial charge in [-0.25, -0.2) is 9.18 Å². The zero-order valence-corrected chi connectivity index (χ0v) is 11.1. The Kier molecular flexibility index (Phi) is 4.66. The van der Waals surface area contributed by atoms with Crippen molar-refractivity contribution in [2.45, 2.75) is 30.3 Å². The summed E-state index contributed by atoms with van der Waals surface area (Å²) in [7, 11) is -1.37. The van der Waals surface area contributed by atoms with Crippen molar-refractivity contribution in [2.75, 3.05) is 12.4 Å². The molecule has 0 bridgehead atoms. The summed E-state index contributed by atoms with van der Waals surface area (Å²) in [5, 5.41) is 8.83. The third-order valence-corrected chi connectivity index (χ3v) is 4.50. The van der Waals surface area contributed by atoms with Gasteiger partial charge < -0.3 is 9.84 Å². The van der Waals surface area contributed by atoms with Gasteiger partial charge in [0.25, 0.3) is 0 Å². The van der Waals surface area contributed by atoms with Crippen molar-refractivity contribution in [3.05, 3.63) is 29.6 Å². The fourth-order valence-corrected chi connectivity index (χ4v) is 3.28. The highest BCUT2D eigenvalue weighted by Gasteiger charge is 2.19. The number of carboxylic acid groups (broad SMARTS) is 1. The second kappa shape index (κ2) is 6.25. The number of carbonyl (C=O) groups is 1. The quantitative estimate of drug-likeness (QED) is 0.921. The Morgan fingerprint density at radius 2 is 2.26 bits per heavy atom. The van der Waals surface area contributed by atoms with E-state index in [9.17, 15) is 13.4 Å². The van der Waals surface area contributed by atoms with Crippen LogP contribution in [0.4, 0.5) is 4.39 Å². The van der Waals surface area contributed by atoms with Crippen molar-refractivity contribution < 1.29 is 23.2 Å². The highest BCUT2D eigenvalue weighted by Crippen LogP contribution is 2.18. The van der Waals surface area contributed by atoms with E-state index in [2.05, 4.69) is 0 Å². The molecule has 104 valence electrons. The molecule has 6 heteroatoms. The van der Waals surface area contributed by atoms with Crippen LogP contribution in [0.25, 0.3) is 0 Å². The maximum Gasteiger partial charge on any atom is 0.338 e. The van der Waals surface area contributed by atoms with E-state index in [1.54, 1.807) is 0 Å². The lowest BCUT2D eigenvalue weighted by Crippen LogP contribution is -2.25. The molecular formula is C13H15FO4S. The van der Waals surface area contributed by atoms with E-state index in [1.807, 2.05) is 0 Å². The van der Waals surface area contributed by atoms with Crippen molar-refractivity contribution >= 4 is 16.8 Å². The van der Waals surface area contributed by atoms with Gasteiger partial charge >= 0.3 is 5.97 Å². The van der Waals surface area contributed by atoms with E-state index in [0.29, 0.717) is 17.3 Å². The molecule has 0 aromatic heterocycles. The first-order valence-corrected chi connectivity index (χ1v) is 7.42. The Bertz CT molecular complexity index is 497. The van der Waals surface area contributed by atoms with Gasteiger partial charge in [-0.2, -0.15) is 0 Å². The van der Waals surface area contributed by atoms with E-state index >= 15 is 0 Å². The first-order chi connectivity index (χ1) is 9.08. The summed E-state index contributed by atoms with van der Waals surface area (Å²) < 4.78 is 30.8. The molecule has 0 amide bonds. The minimum atomic E-state index is -1.37. The van der Waals surface area contributed by atoms with Gasteiger partial charge in [0, 0.05) is 11.5 Å². The summed E-state index contributed by atoms with van der Waals surface area (Å²) in [6, 6.07) is 3.54. The van der Waals surface area contributed by atoms with Crippen LogP contribution in [0.1, 0.15) is 29.6 Å². The second-order valence-corrected chi connectivity index (χ2v) is 5.94. The Hall–Kier alpha value is -1.27. The topological polar surface area (TPSA) is 63.6 Å². The molecule has 0 aliphatic carbocycles. The molecule has 4 nitrogen and oxygen atoms in total. The normalized spacial score (nSPS) is 21.0. The smallest absolute Gasteiger partial charge is 0.338 e. The largest absolute Gasteiger partial charge is 0.478 e. The van der Waals surface area contributed by atoms with Gasteiger partial charge in [0.2, 0.25) is 0 Å². The number of hydrogen-bond donors (Lipinski definition) is 1. The van der Waals surface area contributed by atoms with Crippen LogP contribution in [0.5, 0.6) is 0 Å². The van der Waals surface area contributed by atoms with Crippen molar-refractivity contribution in [1.82, 2.24) is 0 Å². The first kappa shape index (κ1) is 14.1. The van der Waals surface area contributed by atoms with Crippen LogP contribution < -0.4 is 0 Å². The van der Waals surface area contributed by atoms with Crippen molar-refractivity contribution in [1.29, 1.82) is 0 Å². The zero-order valence-electron chi connectivity index (χ0n) is 10.3. The maximum atomic E-state index is 13.2. The Morgan fingerprint density at radius 1 is 1.47 bits per heavy atom. The molecule has 1 aliphatic rings. The zero-order chi connectivity index (χ0) is 13.8. The van der Waals surface area contributed by atoms with Crippen LogP contribution in [0.3, 0.4) is 0 Å². The maximum absolute atomic E-state index is 13.2. The molecule has 1 fully saturated rings. The summed E-state index contributed by atoms with van der Waals surface area (Å²) >= 11 is 0. The van der Waals surface area contributed by atoms with E-state index in [1.165, 1.54) is 6.07 Å². The SMILES string of the molecule is O=C(O)c1cc(S(=O)CC2CCCCO2)ccc1F. The molecule has 0 spiro atoms. The summed E-state index contributed by atoms with van der Waals surface area (Å²) in [5.41, 5.74) is -0.449. The van der Waals surface area contributed by atoms with Gasteiger partial charge in [-0.1, -0.05) is 0 Å². The predicted molar refractivity (Wildman–Crippen MR) is 68.2 cm³/mol. The lowest BCUT2D eigenvalue weighted by molar-refractivity contribution is 0.0310. The molecule has 1 N–H and O–H groups in total. The summed E-state index contributed by atoms with van der Waals surface area (Å²) in [6.45, 7) is 0.672. The Morgan fingerprint density at radius 3 is 2.89 bits per heavy atom. The van der Waals surface area contributed by atoms with E-state index in [4.69, 9.17) is 9.84 Å². The van der Waals surface area contributed by atoms with Crippen molar-refractivity contribution in [3.8, 4) is 0 Å². The number of hydrogen-bond acceptors (Lipinski definition) is 3. The lowest BCUT2D eigenvalue weighted by atomic mass is 10.1. The third kappa shape index (κ3) is 3.61. The van der Waals surface area contributed by atoms with Crippen LogP contribution in [-0.4, -0.2) is 33.7 Å². The molecular weight excluding hydrogens is 271 g/mol. The van der Waals surface area contributed by atoms with E-state index < -0.39 is 28.1 Å². The van der Waals surface area contributed by atoms with Crippen LogP contribution in [0.15, 0.2) is 23.1 Å². The van der Waals surface area contributed by atoms with E-state index in [0.717, 1.165) is 31.4 Å². The number of carboxylic acids is 1. The number of aromatic carboxylic acids is 1. The van der Waals surface area contributed by atoms with Crippen molar-refractivity contribution in [3.63, 3.8) is 0 Å². The highest BCUT2D eigenvalue weighted by molar-refractivity contribution is 7.85. The number of rotatable bonds is 4. The third-order valence-electron chi connectivity index (χ3n) is 3.04. The lowest BCUT2D eigenvalue weighted by Gasteiger charge is -2.22. The molecule has 2 atom stereocenters. The molecule has 1 heterocycles. The molecule has 2 unspecified atom stereocenters. The molecule has 2 rings (SSSR count). The van der Waals surface area contributed by atoms with Crippen LogP contribution >= 0.6 is 0 Å². The molecule has 0 saturated carbocycles. The molecule has 19 heavy (non-hydrogen) atoms. The molecule has 1 aromatic carbocycles. The highest BCUT2D eigenvalue weighted by atomic mass is 32.2. The molecule has 1 aromatic rings. The van der Waals surface area contributed by atoms with Crippen molar-refractivity contribution in [2.24, 2.45) is 0 Å². The summed E-state index contributed by atoms with van der Waals surface area (Å²) in [6.07, 6.45) is 2.86. The Balaban J connectivity index is 2.10. The van der Waals surface area contributed by atoms with Crippen LogP contribution in [0, 0.1) is 5.82 Å². The number of halogens is 1. The first-order valence-electron chi connectivity index (χ1n) is 6.11. The standard InChI is InChI=1S/C13H15FO4S/c14-12-5-4-10(7-11(12)13(15)16)19(17)8-9-3-1-2-6-18-9/h4-5,7,9H,1-3,6,8H2,(H,15,16). The summed E-state index contributed by atoms with van der Waals surface area (Å²) in [4.78, 5) is 11.1. The van der Waals surface area contributed by atoms with Gasteiger partial charge in [-0.3, -0.25) is 4.21 Å². The average Bonchev–Trinajstić information content (AvgIpc) is 2.40. The minimum Gasteiger partial charge on any atom is -0.478 e. The van der Waals surface area contributed by atoms with Gasteiger partial charge in [-0.15, -0.1) is 0 Å². The van der Waals surface area contributed by atoms with Gasteiger partial charge in [0.15, 0.2) is 0 Å². The predicted octanol–water partition coefficient (Wildman–Crippen LogP) is 2.20. The van der Waals surface area contributed by atoms with Crippen LogP contribution in [0.2, 0.25) is 0 Å². The second-order valence-electron chi connectivity index (χ2n) is 4.45.